The smallest absolute Gasteiger partial charge is 0.124 e. The summed E-state index contributed by atoms with van der Waals surface area (Å²) in [5, 5.41) is 0. The molecule has 102 valence electrons. The molecule has 2 rings (SSSR count). The Morgan fingerprint density at radius 3 is 2.53 bits per heavy atom. The minimum absolute atomic E-state index is 0.339. The van der Waals surface area contributed by atoms with E-state index >= 15 is 0 Å². The maximum Gasteiger partial charge on any atom is 0.124 e. The summed E-state index contributed by atoms with van der Waals surface area (Å²) in [5.74, 6) is 7.37. The fourth-order valence-electron chi connectivity index (χ4n) is 2.21. The van der Waals surface area contributed by atoms with Crippen molar-refractivity contribution >= 4 is 0 Å². The number of nitrogens with one attached hydrogen (secondary N) is 1. The Bertz CT molecular complexity index is 581. The molecule has 5 heteroatoms. The second kappa shape index (κ2) is 5.42. The van der Waals surface area contributed by atoms with Gasteiger partial charge in [-0.2, -0.15) is 0 Å². The highest BCUT2D eigenvalue weighted by Crippen LogP contribution is 2.32. The van der Waals surface area contributed by atoms with Gasteiger partial charge in [0.15, 0.2) is 0 Å². The Labute approximate surface area is 111 Å². The molecular formula is C14H17FN2O2. The molecule has 0 aliphatic heterocycles. The van der Waals surface area contributed by atoms with Gasteiger partial charge >= 0.3 is 0 Å². The van der Waals surface area contributed by atoms with Crippen molar-refractivity contribution < 1.29 is 13.5 Å². The van der Waals surface area contributed by atoms with Gasteiger partial charge in [0.25, 0.3) is 0 Å². The van der Waals surface area contributed by atoms with Crippen LogP contribution in [0.25, 0.3) is 0 Å². The fraction of sp³-hybridized carbons (Fsp3) is 0.286. The maximum atomic E-state index is 13.5. The Kier molecular flexibility index (Phi) is 3.87. The highest BCUT2D eigenvalue weighted by Gasteiger charge is 2.21. The van der Waals surface area contributed by atoms with Crippen LogP contribution in [0.15, 0.2) is 28.7 Å². The van der Waals surface area contributed by atoms with Crippen LogP contribution >= 0.6 is 0 Å². The van der Waals surface area contributed by atoms with Gasteiger partial charge in [0.1, 0.15) is 23.1 Å². The lowest BCUT2D eigenvalue weighted by atomic mass is 9.98. The molecule has 1 unspecified atom stereocenters. The summed E-state index contributed by atoms with van der Waals surface area (Å²) in [6, 6.07) is 5.83. The zero-order valence-electron chi connectivity index (χ0n) is 11.2. The van der Waals surface area contributed by atoms with Crippen LogP contribution < -0.4 is 16.0 Å². The Morgan fingerprint density at radius 2 is 2.00 bits per heavy atom. The summed E-state index contributed by atoms with van der Waals surface area (Å²) in [5.41, 5.74) is 4.18. The minimum atomic E-state index is -0.386. The maximum absolute atomic E-state index is 13.5. The minimum Gasteiger partial charge on any atom is -0.496 e. The lowest BCUT2D eigenvalue weighted by Crippen LogP contribution is -2.29. The molecule has 1 aromatic heterocycles. The van der Waals surface area contributed by atoms with Gasteiger partial charge in [-0.3, -0.25) is 5.84 Å². The molecule has 0 amide bonds. The van der Waals surface area contributed by atoms with Crippen LogP contribution in [0.5, 0.6) is 5.75 Å². The number of rotatable bonds is 4. The zero-order chi connectivity index (χ0) is 14.0. The molecule has 4 nitrogen and oxygen atoms in total. The summed E-state index contributed by atoms with van der Waals surface area (Å²) >= 11 is 0. The van der Waals surface area contributed by atoms with Crippen molar-refractivity contribution in [2.45, 2.75) is 19.9 Å². The molecule has 19 heavy (non-hydrogen) atoms. The lowest BCUT2D eigenvalue weighted by Gasteiger charge is -2.18. The molecule has 0 aliphatic carbocycles. The van der Waals surface area contributed by atoms with E-state index < -0.39 is 0 Å². The third kappa shape index (κ3) is 2.62. The van der Waals surface area contributed by atoms with Gasteiger partial charge in [-0.25, -0.2) is 9.82 Å². The topological polar surface area (TPSA) is 60.4 Å². The summed E-state index contributed by atoms with van der Waals surface area (Å²) in [6.07, 6.45) is 0. The molecule has 0 spiro atoms. The van der Waals surface area contributed by atoms with Crippen LogP contribution in [0.4, 0.5) is 4.39 Å². The monoisotopic (exact) mass is 264 g/mol. The first-order valence-electron chi connectivity index (χ1n) is 5.93. The molecule has 0 radical (unpaired) electrons. The van der Waals surface area contributed by atoms with Gasteiger partial charge in [-0.1, -0.05) is 0 Å². The average molecular weight is 264 g/mol. The predicted octanol–water partition coefficient (Wildman–Crippen LogP) is 2.60. The van der Waals surface area contributed by atoms with E-state index in [1.807, 2.05) is 19.9 Å². The number of ether oxygens (including phenoxy) is 1. The Hall–Kier alpha value is -1.85. The van der Waals surface area contributed by atoms with Gasteiger partial charge in [-0.15, -0.1) is 0 Å². The SMILES string of the molecule is COc1ccc(F)cc1C(NN)c1cc(C)oc1C. The third-order valence-electron chi connectivity index (χ3n) is 3.06. The van der Waals surface area contributed by atoms with Crippen LogP contribution in [0.3, 0.4) is 0 Å². The van der Waals surface area contributed by atoms with E-state index in [0.717, 1.165) is 17.1 Å². The van der Waals surface area contributed by atoms with Crippen molar-refractivity contribution in [2.75, 3.05) is 7.11 Å². The van der Waals surface area contributed by atoms with Crippen LogP contribution in [-0.2, 0) is 0 Å². The summed E-state index contributed by atoms with van der Waals surface area (Å²) in [4.78, 5) is 0. The number of aryl methyl sites for hydroxylation is 2. The number of furan rings is 1. The first-order valence-corrected chi connectivity index (χ1v) is 5.93. The number of nitrogens with two attached hydrogens (primary N) is 1. The number of hydrogen-bond donors (Lipinski definition) is 2. The molecule has 0 fully saturated rings. The largest absolute Gasteiger partial charge is 0.496 e. The number of benzene rings is 1. The van der Waals surface area contributed by atoms with Crippen LogP contribution in [0, 0.1) is 19.7 Å². The molecule has 0 bridgehead atoms. The Morgan fingerprint density at radius 1 is 1.26 bits per heavy atom. The van der Waals surface area contributed by atoms with Crippen molar-refractivity contribution in [1.29, 1.82) is 0 Å². The van der Waals surface area contributed by atoms with Gasteiger partial charge < -0.3 is 9.15 Å². The van der Waals surface area contributed by atoms with E-state index in [1.165, 1.54) is 19.2 Å². The van der Waals surface area contributed by atoms with Gasteiger partial charge in [0, 0.05) is 11.1 Å². The van der Waals surface area contributed by atoms with E-state index in [9.17, 15) is 4.39 Å². The summed E-state index contributed by atoms with van der Waals surface area (Å²) in [6.45, 7) is 3.70. The first-order chi connectivity index (χ1) is 9.06. The quantitative estimate of drug-likeness (QED) is 0.658. The fourth-order valence-corrected chi connectivity index (χ4v) is 2.21. The molecule has 0 saturated carbocycles. The summed E-state index contributed by atoms with van der Waals surface area (Å²) in [7, 11) is 1.54. The van der Waals surface area contributed by atoms with Gasteiger partial charge in [0.05, 0.1) is 13.2 Å². The number of methoxy groups -OCH3 is 1. The van der Waals surface area contributed by atoms with Crippen molar-refractivity contribution in [3.8, 4) is 5.75 Å². The Balaban J connectivity index is 2.53. The normalized spacial score (nSPS) is 12.5. The number of halogens is 1. The predicted molar refractivity (Wildman–Crippen MR) is 70.3 cm³/mol. The second-order valence-corrected chi connectivity index (χ2v) is 4.35. The number of hydrogen-bond acceptors (Lipinski definition) is 4. The molecular weight excluding hydrogens is 247 g/mol. The second-order valence-electron chi connectivity index (χ2n) is 4.35. The van der Waals surface area contributed by atoms with Crippen LogP contribution in [0.1, 0.15) is 28.7 Å². The number of hydrazine groups is 1. The molecule has 0 saturated heterocycles. The molecule has 3 N–H and O–H groups in total. The zero-order valence-corrected chi connectivity index (χ0v) is 11.2. The molecule has 1 aromatic carbocycles. The summed E-state index contributed by atoms with van der Waals surface area (Å²) < 4.78 is 24.2. The molecule has 2 aromatic rings. The third-order valence-corrected chi connectivity index (χ3v) is 3.06. The van der Waals surface area contributed by atoms with Crippen molar-refractivity contribution in [1.82, 2.24) is 5.43 Å². The van der Waals surface area contributed by atoms with Crippen molar-refractivity contribution in [3.63, 3.8) is 0 Å². The van der Waals surface area contributed by atoms with E-state index in [1.54, 1.807) is 6.07 Å². The highest BCUT2D eigenvalue weighted by atomic mass is 19.1. The van der Waals surface area contributed by atoms with E-state index in [2.05, 4.69) is 5.43 Å². The van der Waals surface area contributed by atoms with Crippen molar-refractivity contribution in [2.24, 2.45) is 5.84 Å². The molecule has 0 aliphatic rings. The first kappa shape index (κ1) is 13.6. The average Bonchev–Trinajstić information content (AvgIpc) is 2.70. The lowest BCUT2D eigenvalue weighted by molar-refractivity contribution is 0.402. The van der Waals surface area contributed by atoms with Crippen LogP contribution in [-0.4, -0.2) is 7.11 Å². The van der Waals surface area contributed by atoms with Gasteiger partial charge in [-0.05, 0) is 38.1 Å². The van der Waals surface area contributed by atoms with E-state index in [-0.39, 0.29) is 11.9 Å². The van der Waals surface area contributed by atoms with Gasteiger partial charge in [0.2, 0.25) is 0 Å². The molecule has 1 atom stereocenters. The van der Waals surface area contributed by atoms with Crippen molar-refractivity contribution in [3.05, 3.63) is 52.7 Å². The van der Waals surface area contributed by atoms with E-state index in [4.69, 9.17) is 15.0 Å². The van der Waals surface area contributed by atoms with Crippen LogP contribution in [0.2, 0.25) is 0 Å². The van der Waals surface area contributed by atoms with E-state index in [0.29, 0.717) is 11.3 Å². The molecule has 1 heterocycles. The standard InChI is InChI=1S/C14H17FN2O2/c1-8-6-11(9(2)19-8)14(17-16)12-7-10(15)4-5-13(12)18-3/h4-7,14,17H,16H2,1-3H3. The highest BCUT2D eigenvalue weighted by molar-refractivity contribution is 5.43.